The molecule has 7 nitrogen and oxygen atoms in total. The van der Waals surface area contributed by atoms with Crippen molar-refractivity contribution < 1.29 is 14.3 Å². The number of ether oxygens (including phenoxy) is 2. The molecular formula is C18H24N4O3. The summed E-state index contributed by atoms with van der Waals surface area (Å²) in [5, 5.41) is 5.95. The van der Waals surface area contributed by atoms with Gasteiger partial charge in [0.25, 0.3) is 5.91 Å². The first-order valence-electron chi connectivity index (χ1n) is 8.08. The van der Waals surface area contributed by atoms with Gasteiger partial charge in [-0.1, -0.05) is 6.07 Å². The van der Waals surface area contributed by atoms with Gasteiger partial charge in [0.1, 0.15) is 11.4 Å². The molecule has 0 aliphatic carbocycles. The van der Waals surface area contributed by atoms with Gasteiger partial charge in [0.2, 0.25) is 5.95 Å². The fourth-order valence-corrected chi connectivity index (χ4v) is 2.29. The molecule has 0 spiro atoms. The Bertz CT molecular complexity index is 734. The van der Waals surface area contributed by atoms with Crippen LogP contribution in [-0.4, -0.2) is 43.2 Å². The van der Waals surface area contributed by atoms with Crippen LogP contribution in [0.5, 0.6) is 5.75 Å². The lowest BCUT2D eigenvalue weighted by Gasteiger charge is -2.12. The molecule has 0 radical (unpaired) electrons. The molecule has 25 heavy (non-hydrogen) atoms. The van der Waals surface area contributed by atoms with Crippen LogP contribution in [0.2, 0.25) is 0 Å². The quantitative estimate of drug-likeness (QED) is 0.716. The predicted octanol–water partition coefficient (Wildman–Crippen LogP) is 2.61. The van der Waals surface area contributed by atoms with E-state index in [4.69, 9.17) is 9.47 Å². The summed E-state index contributed by atoms with van der Waals surface area (Å²) >= 11 is 0. The topological polar surface area (TPSA) is 85.4 Å². The number of aromatic nitrogens is 2. The molecule has 2 rings (SSSR count). The van der Waals surface area contributed by atoms with Crippen LogP contribution < -0.4 is 15.4 Å². The molecule has 0 fully saturated rings. The monoisotopic (exact) mass is 344 g/mol. The smallest absolute Gasteiger partial charge is 0.270 e. The minimum absolute atomic E-state index is 0.235. The van der Waals surface area contributed by atoms with E-state index in [-0.39, 0.29) is 5.91 Å². The summed E-state index contributed by atoms with van der Waals surface area (Å²) in [5.74, 6) is 0.799. The van der Waals surface area contributed by atoms with Gasteiger partial charge in [-0.05, 0) is 44.0 Å². The lowest BCUT2D eigenvalue weighted by Crippen LogP contribution is -2.26. The van der Waals surface area contributed by atoms with Crippen molar-refractivity contribution in [1.29, 1.82) is 0 Å². The van der Waals surface area contributed by atoms with E-state index < -0.39 is 0 Å². The molecule has 0 aliphatic rings. The van der Waals surface area contributed by atoms with Crippen LogP contribution in [0.3, 0.4) is 0 Å². The molecule has 2 N–H and O–H groups in total. The number of methoxy groups -OCH3 is 2. The summed E-state index contributed by atoms with van der Waals surface area (Å²) in [6.07, 6.45) is 0.748. The van der Waals surface area contributed by atoms with E-state index in [0.717, 1.165) is 17.7 Å². The van der Waals surface area contributed by atoms with Crippen LogP contribution in [0, 0.1) is 13.8 Å². The van der Waals surface area contributed by atoms with Gasteiger partial charge >= 0.3 is 0 Å². The highest BCUT2D eigenvalue weighted by Gasteiger charge is 2.12. The highest BCUT2D eigenvalue weighted by Crippen LogP contribution is 2.27. The maximum atomic E-state index is 12.2. The Morgan fingerprint density at radius 1 is 1.16 bits per heavy atom. The highest BCUT2D eigenvalue weighted by atomic mass is 16.5. The fraction of sp³-hybridized carbons (Fsp3) is 0.389. The third kappa shape index (κ3) is 5.42. The van der Waals surface area contributed by atoms with E-state index in [9.17, 15) is 4.79 Å². The number of anilines is 2. The van der Waals surface area contributed by atoms with Gasteiger partial charge in [-0.25, -0.2) is 9.97 Å². The zero-order chi connectivity index (χ0) is 18.2. The van der Waals surface area contributed by atoms with Crippen molar-refractivity contribution in [3.63, 3.8) is 0 Å². The van der Waals surface area contributed by atoms with Crippen molar-refractivity contribution in [2.45, 2.75) is 20.3 Å². The van der Waals surface area contributed by atoms with Crippen molar-refractivity contribution in [1.82, 2.24) is 15.3 Å². The van der Waals surface area contributed by atoms with Crippen LogP contribution in [-0.2, 0) is 4.74 Å². The van der Waals surface area contributed by atoms with Crippen molar-refractivity contribution >= 4 is 17.5 Å². The summed E-state index contributed by atoms with van der Waals surface area (Å²) in [4.78, 5) is 20.9. The van der Waals surface area contributed by atoms with E-state index in [2.05, 4.69) is 20.6 Å². The van der Waals surface area contributed by atoms with E-state index in [1.165, 1.54) is 0 Å². The SMILES string of the molecule is COCCCNC(=O)c1cc(C)nc(Nc2cc(C)ccc2OC)n1. The van der Waals surface area contributed by atoms with E-state index in [1.54, 1.807) is 20.3 Å². The van der Waals surface area contributed by atoms with Crippen LogP contribution >= 0.6 is 0 Å². The van der Waals surface area contributed by atoms with Gasteiger partial charge < -0.3 is 20.1 Å². The van der Waals surface area contributed by atoms with Gasteiger partial charge in [-0.15, -0.1) is 0 Å². The molecule has 134 valence electrons. The van der Waals surface area contributed by atoms with Gasteiger partial charge in [0, 0.05) is 26.0 Å². The molecule has 1 heterocycles. The summed E-state index contributed by atoms with van der Waals surface area (Å²) in [5.41, 5.74) is 2.84. The van der Waals surface area contributed by atoms with Gasteiger partial charge in [0.05, 0.1) is 12.8 Å². The van der Waals surface area contributed by atoms with Crippen molar-refractivity contribution in [2.24, 2.45) is 0 Å². The number of carbonyl (C=O) groups excluding carboxylic acids is 1. The van der Waals surface area contributed by atoms with Crippen LogP contribution in [0.25, 0.3) is 0 Å². The van der Waals surface area contributed by atoms with Crippen LogP contribution in [0.4, 0.5) is 11.6 Å². The average Bonchev–Trinajstić information content (AvgIpc) is 2.58. The number of benzene rings is 1. The summed E-state index contributed by atoms with van der Waals surface area (Å²) in [6.45, 7) is 4.94. The number of hydrogen-bond donors (Lipinski definition) is 2. The molecule has 1 amide bonds. The number of nitrogens with one attached hydrogen (secondary N) is 2. The minimum Gasteiger partial charge on any atom is -0.495 e. The molecule has 0 atom stereocenters. The highest BCUT2D eigenvalue weighted by molar-refractivity contribution is 5.92. The number of nitrogens with zero attached hydrogens (tertiary/aromatic N) is 2. The van der Waals surface area contributed by atoms with Gasteiger partial charge in [-0.2, -0.15) is 0 Å². The predicted molar refractivity (Wildman–Crippen MR) is 96.6 cm³/mol. The molecular weight excluding hydrogens is 320 g/mol. The van der Waals surface area contributed by atoms with Crippen LogP contribution in [0.15, 0.2) is 24.3 Å². The molecule has 1 aromatic heterocycles. The normalized spacial score (nSPS) is 10.4. The molecule has 0 bridgehead atoms. The summed E-state index contributed by atoms with van der Waals surface area (Å²) in [6, 6.07) is 7.43. The Balaban J connectivity index is 2.16. The van der Waals surface area contributed by atoms with Crippen molar-refractivity contribution in [3.8, 4) is 5.75 Å². The van der Waals surface area contributed by atoms with Crippen molar-refractivity contribution in [3.05, 3.63) is 41.2 Å². The summed E-state index contributed by atoms with van der Waals surface area (Å²) < 4.78 is 10.3. The first-order valence-corrected chi connectivity index (χ1v) is 8.08. The maximum absolute atomic E-state index is 12.2. The Morgan fingerprint density at radius 3 is 2.68 bits per heavy atom. The number of hydrogen-bond acceptors (Lipinski definition) is 6. The number of aryl methyl sites for hydroxylation is 2. The second kappa shape index (κ2) is 8.98. The number of rotatable bonds is 8. The first kappa shape index (κ1) is 18.7. The van der Waals surface area contributed by atoms with Crippen molar-refractivity contribution in [2.75, 3.05) is 32.7 Å². The van der Waals surface area contributed by atoms with E-state index in [0.29, 0.717) is 36.2 Å². The largest absolute Gasteiger partial charge is 0.495 e. The third-order valence-corrected chi connectivity index (χ3v) is 3.50. The molecule has 7 heteroatoms. The first-order chi connectivity index (χ1) is 12.0. The average molecular weight is 344 g/mol. The zero-order valence-corrected chi connectivity index (χ0v) is 15.0. The Labute approximate surface area is 147 Å². The zero-order valence-electron chi connectivity index (χ0n) is 15.0. The maximum Gasteiger partial charge on any atom is 0.270 e. The molecule has 0 saturated carbocycles. The molecule has 0 aliphatic heterocycles. The second-order valence-corrected chi connectivity index (χ2v) is 5.65. The molecule has 1 aromatic carbocycles. The van der Waals surface area contributed by atoms with Crippen LogP contribution in [0.1, 0.15) is 28.2 Å². The Hall–Kier alpha value is -2.67. The third-order valence-electron chi connectivity index (χ3n) is 3.50. The summed E-state index contributed by atoms with van der Waals surface area (Å²) in [7, 11) is 3.24. The second-order valence-electron chi connectivity index (χ2n) is 5.65. The fourth-order valence-electron chi connectivity index (χ4n) is 2.29. The number of amides is 1. The van der Waals surface area contributed by atoms with E-state index >= 15 is 0 Å². The lowest BCUT2D eigenvalue weighted by molar-refractivity contribution is 0.0943. The minimum atomic E-state index is -0.235. The Kier molecular flexibility index (Phi) is 6.71. The number of carbonyl (C=O) groups is 1. The molecule has 0 saturated heterocycles. The molecule has 0 unspecified atom stereocenters. The Morgan fingerprint density at radius 2 is 1.96 bits per heavy atom. The standard InChI is InChI=1S/C18H24N4O3/c1-12-6-7-16(25-4)14(10-12)21-18-20-13(2)11-15(22-18)17(23)19-8-5-9-24-3/h6-7,10-11H,5,8-9H2,1-4H3,(H,19,23)(H,20,21,22). The molecule has 2 aromatic rings. The van der Waals surface area contributed by atoms with Gasteiger partial charge in [0.15, 0.2) is 0 Å². The van der Waals surface area contributed by atoms with E-state index in [1.807, 2.05) is 32.0 Å². The van der Waals surface area contributed by atoms with Gasteiger partial charge in [-0.3, -0.25) is 4.79 Å². The lowest BCUT2D eigenvalue weighted by atomic mass is 10.2.